The number of sulfonamides is 1. The van der Waals surface area contributed by atoms with Gasteiger partial charge in [0, 0.05) is 59.9 Å². The van der Waals surface area contributed by atoms with Crippen molar-refractivity contribution in [3.8, 4) is 0 Å². The minimum atomic E-state index is -3.30. The van der Waals surface area contributed by atoms with Gasteiger partial charge in [0.15, 0.2) is 0 Å². The third-order valence-electron chi connectivity index (χ3n) is 4.14. The average Bonchev–Trinajstić information content (AvgIpc) is 2.78. The monoisotopic (exact) mass is 342 g/mol. The minimum absolute atomic E-state index is 0.0184. The predicted octanol–water partition coefficient (Wildman–Crippen LogP) is -0.168. The molecule has 0 bridgehead atoms. The van der Waals surface area contributed by atoms with E-state index in [0.717, 1.165) is 11.4 Å². The summed E-state index contributed by atoms with van der Waals surface area (Å²) in [7, 11) is 3.62. The molecule has 1 aliphatic heterocycles. The summed E-state index contributed by atoms with van der Waals surface area (Å²) in [4.78, 5) is 8.39. The lowest BCUT2D eigenvalue weighted by atomic mass is 10.1. The number of nitrogens with zero attached hydrogens (tertiary/aromatic N) is 4. The SMILES string of the molecule is CN(C)c1ccc(CN2C[C@@H](CS(=O)(=O)N(C)C)[C@@H](O)C2)cn1. The zero-order valence-corrected chi connectivity index (χ0v) is 15.0. The maximum Gasteiger partial charge on any atom is 0.214 e. The normalized spacial score (nSPS) is 22.7. The van der Waals surface area contributed by atoms with Gasteiger partial charge >= 0.3 is 0 Å². The zero-order valence-electron chi connectivity index (χ0n) is 14.2. The molecule has 23 heavy (non-hydrogen) atoms. The Morgan fingerprint density at radius 1 is 1.26 bits per heavy atom. The number of aliphatic hydroxyl groups excluding tert-OH is 1. The van der Waals surface area contributed by atoms with Crippen molar-refractivity contribution in [2.45, 2.75) is 12.6 Å². The number of aliphatic hydroxyl groups is 1. The largest absolute Gasteiger partial charge is 0.391 e. The van der Waals surface area contributed by atoms with Crippen LogP contribution in [-0.2, 0) is 16.6 Å². The zero-order chi connectivity index (χ0) is 17.2. The van der Waals surface area contributed by atoms with E-state index in [2.05, 4.69) is 9.88 Å². The van der Waals surface area contributed by atoms with Crippen LogP contribution in [0.1, 0.15) is 5.56 Å². The van der Waals surface area contributed by atoms with Gasteiger partial charge in [-0.3, -0.25) is 4.90 Å². The van der Waals surface area contributed by atoms with Gasteiger partial charge in [-0.05, 0) is 11.6 Å². The number of pyridine rings is 1. The molecule has 8 heteroatoms. The van der Waals surface area contributed by atoms with E-state index in [9.17, 15) is 13.5 Å². The maximum absolute atomic E-state index is 12.0. The first-order valence-electron chi connectivity index (χ1n) is 7.62. The number of likely N-dealkylation sites (tertiary alicyclic amines) is 1. The molecule has 1 fully saturated rings. The summed E-state index contributed by atoms with van der Waals surface area (Å²) in [6.07, 6.45) is 1.21. The molecule has 2 atom stereocenters. The van der Waals surface area contributed by atoms with Crippen LogP contribution >= 0.6 is 0 Å². The van der Waals surface area contributed by atoms with Crippen LogP contribution in [0.15, 0.2) is 18.3 Å². The standard InChI is InChI=1S/C15H26N4O3S/c1-17(2)15-6-5-12(7-16-15)8-19-9-13(14(20)10-19)11-23(21,22)18(3)4/h5-7,13-14,20H,8-11H2,1-4H3/t13-,14-/m0/s1. The van der Waals surface area contributed by atoms with Gasteiger partial charge < -0.3 is 10.0 Å². The van der Waals surface area contributed by atoms with E-state index in [1.807, 2.05) is 37.3 Å². The smallest absolute Gasteiger partial charge is 0.214 e. The van der Waals surface area contributed by atoms with Crippen LogP contribution in [-0.4, -0.2) is 80.9 Å². The summed E-state index contributed by atoms with van der Waals surface area (Å²) in [6.45, 7) is 1.73. The summed E-state index contributed by atoms with van der Waals surface area (Å²) >= 11 is 0. The van der Waals surface area contributed by atoms with E-state index in [4.69, 9.17) is 0 Å². The number of anilines is 1. The van der Waals surface area contributed by atoms with Crippen LogP contribution in [0.3, 0.4) is 0 Å². The number of hydrogen-bond acceptors (Lipinski definition) is 6. The molecule has 1 aromatic rings. The number of β-amino-alcohol motifs (C(OH)–C–C–N with tert-alkyl or cyclic N) is 1. The van der Waals surface area contributed by atoms with Gasteiger partial charge in [-0.1, -0.05) is 6.07 Å². The van der Waals surface area contributed by atoms with Crippen molar-refractivity contribution in [1.82, 2.24) is 14.2 Å². The van der Waals surface area contributed by atoms with Crippen molar-refractivity contribution >= 4 is 15.8 Å². The Kier molecular flexibility index (Phi) is 5.61. The van der Waals surface area contributed by atoms with Gasteiger partial charge in [0.05, 0.1) is 11.9 Å². The number of aromatic nitrogens is 1. The lowest BCUT2D eigenvalue weighted by Gasteiger charge is -2.18. The Hall–Kier alpha value is -1.22. The van der Waals surface area contributed by atoms with Crippen molar-refractivity contribution in [3.63, 3.8) is 0 Å². The molecule has 1 aromatic heterocycles. The highest BCUT2D eigenvalue weighted by atomic mass is 32.2. The first kappa shape index (κ1) is 18.1. The Labute approximate surface area is 138 Å². The molecule has 7 nitrogen and oxygen atoms in total. The third kappa shape index (κ3) is 4.63. The van der Waals surface area contributed by atoms with Crippen LogP contribution in [0.25, 0.3) is 0 Å². The van der Waals surface area contributed by atoms with Crippen LogP contribution in [0.2, 0.25) is 0 Å². The van der Waals surface area contributed by atoms with Gasteiger partial charge in [0.25, 0.3) is 0 Å². The molecule has 0 saturated carbocycles. The molecule has 1 aliphatic rings. The third-order valence-corrected chi connectivity index (χ3v) is 6.10. The molecular formula is C15H26N4O3S. The highest BCUT2D eigenvalue weighted by Crippen LogP contribution is 2.22. The predicted molar refractivity (Wildman–Crippen MR) is 90.8 cm³/mol. The number of rotatable bonds is 6. The highest BCUT2D eigenvalue weighted by molar-refractivity contribution is 7.89. The second kappa shape index (κ2) is 7.12. The fourth-order valence-electron chi connectivity index (χ4n) is 2.69. The fourth-order valence-corrected chi connectivity index (χ4v) is 3.85. The van der Waals surface area contributed by atoms with Crippen molar-refractivity contribution < 1.29 is 13.5 Å². The molecular weight excluding hydrogens is 316 g/mol. The van der Waals surface area contributed by atoms with Crippen LogP contribution < -0.4 is 4.90 Å². The van der Waals surface area contributed by atoms with Crippen LogP contribution in [0.4, 0.5) is 5.82 Å². The van der Waals surface area contributed by atoms with Crippen molar-refractivity contribution in [2.24, 2.45) is 5.92 Å². The summed E-state index contributed by atoms with van der Waals surface area (Å²) in [5, 5.41) is 10.2. The second-order valence-electron chi connectivity index (χ2n) is 6.50. The number of hydrogen-bond donors (Lipinski definition) is 1. The lowest BCUT2D eigenvalue weighted by molar-refractivity contribution is 0.148. The Bertz CT molecular complexity index is 616. The fraction of sp³-hybridized carbons (Fsp3) is 0.667. The van der Waals surface area contributed by atoms with Gasteiger partial charge in [0.2, 0.25) is 10.0 Å². The lowest BCUT2D eigenvalue weighted by Crippen LogP contribution is -2.33. The van der Waals surface area contributed by atoms with Crippen LogP contribution in [0, 0.1) is 5.92 Å². The van der Waals surface area contributed by atoms with E-state index < -0.39 is 16.1 Å². The van der Waals surface area contributed by atoms with E-state index in [0.29, 0.717) is 19.6 Å². The van der Waals surface area contributed by atoms with Gasteiger partial charge in [-0.25, -0.2) is 17.7 Å². The van der Waals surface area contributed by atoms with E-state index >= 15 is 0 Å². The van der Waals surface area contributed by atoms with Crippen molar-refractivity contribution in [3.05, 3.63) is 23.9 Å². The van der Waals surface area contributed by atoms with Gasteiger partial charge in [-0.15, -0.1) is 0 Å². The maximum atomic E-state index is 12.0. The molecule has 0 amide bonds. The molecule has 0 radical (unpaired) electrons. The van der Waals surface area contributed by atoms with E-state index in [1.165, 1.54) is 18.4 Å². The topological polar surface area (TPSA) is 77.0 Å². The molecule has 0 aromatic carbocycles. The molecule has 2 heterocycles. The average molecular weight is 342 g/mol. The Morgan fingerprint density at radius 2 is 1.96 bits per heavy atom. The first-order valence-corrected chi connectivity index (χ1v) is 9.23. The minimum Gasteiger partial charge on any atom is -0.391 e. The summed E-state index contributed by atoms with van der Waals surface area (Å²) in [5.41, 5.74) is 1.05. The van der Waals surface area contributed by atoms with Crippen molar-refractivity contribution in [1.29, 1.82) is 0 Å². The molecule has 0 spiro atoms. The molecule has 0 aliphatic carbocycles. The van der Waals surface area contributed by atoms with Gasteiger partial charge in [0.1, 0.15) is 5.82 Å². The summed E-state index contributed by atoms with van der Waals surface area (Å²) in [6, 6.07) is 3.97. The Balaban J connectivity index is 1.96. The first-order chi connectivity index (χ1) is 10.7. The van der Waals surface area contributed by atoms with Crippen LogP contribution in [0.5, 0.6) is 0 Å². The Morgan fingerprint density at radius 3 is 2.48 bits per heavy atom. The van der Waals surface area contributed by atoms with Crippen molar-refractivity contribution in [2.75, 3.05) is 51.9 Å². The molecule has 1 N–H and O–H groups in total. The molecule has 1 saturated heterocycles. The van der Waals surface area contributed by atoms with Gasteiger partial charge in [-0.2, -0.15) is 0 Å². The second-order valence-corrected chi connectivity index (χ2v) is 8.73. The molecule has 0 unspecified atom stereocenters. The molecule has 130 valence electrons. The van der Waals surface area contributed by atoms with E-state index in [-0.39, 0.29) is 11.7 Å². The molecule has 2 rings (SSSR count). The quantitative estimate of drug-likeness (QED) is 0.774. The highest BCUT2D eigenvalue weighted by Gasteiger charge is 2.35. The summed E-state index contributed by atoms with van der Waals surface area (Å²) < 4.78 is 25.2. The van der Waals surface area contributed by atoms with E-state index in [1.54, 1.807) is 0 Å². The summed E-state index contributed by atoms with van der Waals surface area (Å²) in [5.74, 6) is 0.622.